The van der Waals surface area contributed by atoms with Crippen LogP contribution in [-0.4, -0.2) is 32.4 Å². The fraction of sp³-hybridized carbons (Fsp3) is 0.278. The Labute approximate surface area is 140 Å². The molecular weight excluding hydrogens is 312 g/mol. The Bertz CT molecular complexity index is 724. The molecule has 0 radical (unpaired) electrons. The largest absolute Gasteiger partial charge is 0.492 e. The summed E-state index contributed by atoms with van der Waals surface area (Å²) < 4.78 is 21.9. The highest BCUT2D eigenvalue weighted by molar-refractivity contribution is 5.96. The number of rotatable bonds is 7. The second kappa shape index (κ2) is 7.59. The molecule has 0 aliphatic heterocycles. The Morgan fingerprint density at radius 2 is 1.50 bits per heavy atom. The van der Waals surface area contributed by atoms with Crippen LogP contribution < -0.4 is 18.9 Å². The van der Waals surface area contributed by atoms with Gasteiger partial charge in [0.15, 0.2) is 11.5 Å². The maximum absolute atomic E-state index is 11.6. The van der Waals surface area contributed by atoms with Crippen molar-refractivity contribution < 1.29 is 28.8 Å². The molecule has 0 amide bonds. The zero-order chi connectivity index (χ0) is 17.7. The van der Waals surface area contributed by atoms with E-state index in [9.17, 15) is 9.90 Å². The van der Waals surface area contributed by atoms with E-state index in [1.807, 2.05) is 30.3 Å². The number of aromatic carboxylic acids is 1. The molecule has 0 saturated heterocycles. The molecule has 128 valence electrons. The van der Waals surface area contributed by atoms with Crippen LogP contribution in [0.15, 0.2) is 30.3 Å². The molecule has 0 spiro atoms. The average Bonchev–Trinajstić information content (AvgIpc) is 2.59. The van der Waals surface area contributed by atoms with Gasteiger partial charge in [-0.05, 0) is 12.5 Å². The number of benzene rings is 2. The van der Waals surface area contributed by atoms with Gasteiger partial charge in [0.2, 0.25) is 11.5 Å². The highest BCUT2D eigenvalue weighted by Gasteiger charge is 2.29. The lowest BCUT2D eigenvalue weighted by molar-refractivity contribution is 0.0691. The number of methoxy groups -OCH3 is 3. The number of carboxylic acids is 1. The zero-order valence-corrected chi connectivity index (χ0v) is 14.1. The van der Waals surface area contributed by atoms with Crippen LogP contribution in [0.4, 0.5) is 0 Å². The summed E-state index contributed by atoms with van der Waals surface area (Å²) in [5.41, 5.74) is 1.35. The standard InChI is InChI=1S/C18H20O6/c1-11-13(18(19)20)15(22-3)16(23-4)17(14(11)21-2)24-10-12-8-6-5-7-9-12/h5-9H,10H2,1-4H3,(H,19,20). The molecule has 0 atom stereocenters. The summed E-state index contributed by atoms with van der Waals surface area (Å²) in [4.78, 5) is 11.6. The summed E-state index contributed by atoms with van der Waals surface area (Å²) in [6.07, 6.45) is 0. The van der Waals surface area contributed by atoms with Crippen LogP contribution >= 0.6 is 0 Å². The second-order valence-electron chi connectivity index (χ2n) is 5.01. The highest BCUT2D eigenvalue weighted by atomic mass is 16.5. The van der Waals surface area contributed by atoms with Crippen molar-refractivity contribution in [1.82, 2.24) is 0 Å². The average molecular weight is 332 g/mol. The number of hydrogen-bond donors (Lipinski definition) is 1. The Kier molecular flexibility index (Phi) is 5.52. The van der Waals surface area contributed by atoms with E-state index in [0.717, 1.165) is 5.56 Å². The molecule has 0 bridgehead atoms. The molecule has 6 nitrogen and oxygen atoms in total. The topological polar surface area (TPSA) is 74.2 Å². The van der Waals surface area contributed by atoms with Gasteiger partial charge in [-0.1, -0.05) is 30.3 Å². The van der Waals surface area contributed by atoms with Gasteiger partial charge in [0.25, 0.3) is 0 Å². The van der Waals surface area contributed by atoms with E-state index < -0.39 is 5.97 Å². The minimum atomic E-state index is -1.13. The predicted molar refractivity (Wildman–Crippen MR) is 88.6 cm³/mol. The van der Waals surface area contributed by atoms with E-state index in [0.29, 0.717) is 17.1 Å². The van der Waals surface area contributed by atoms with Crippen molar-refractivity contribution in [2.75, 3.05) is 21.3 Å². The fourth-order valence-electron chi connectivity index (χ4n) is 2.52. The molecule has 0 aromatic heterocycles. The summed E-state index contributed by atoms with van der Waals surface area (Å²) in [6.45, 7) is 1.92. The van der Waals surface area contributed by atoms with Crippen molar-refractivity contribution in [3.05, 3.63) is 47.0 Å². The van der Waals surface area contributed by atoms with Crippen molar-refractivity contribution >= 4 is 5.97 Å². The number of carboxylic acid groups (broad SMARTS) is 1. The maximum atomic E-state index is 11.6. The molecule has 0 aliphatic rings. The van der Waals surface area contributed by atoms with Crippen LogP contribution in [0.2, 0.25) is 0 Å². The highest BCUT2D eigenvalue weighted by Crippen LogP contribution is 2.49. The second-order valence-corrected chi connectivity index (χ2v) is 5.01. The summed E-state index contributed by atoms with van der Waals surface area (Å²) in [5, 5.41) is 9.48. The third-order valence-electron chi connectivity index (χ3n) is 3.61. The minimum absolute atomic E-state index is 0.0155. The van der Waals surface area contributed by atoms with Crippen LogP contribution in [-0.2, 0) is 6.61 Å². The Hall–Kier alpha value is -2.89. The fourth-order valence-corrected chi connectivity index (χ4v) is 2.52. The van der Waals surface area contributed by atoms with Crippen LogP contribution in [0.25, 0.3) is 0 Å². The molecule has 2 aromatic rings. The van der Waals surface area contributed by atoms with Crippen molar-refractivity contribution in [2.24, 2.45) is 0 Å². The predicted octanol–water partition coefficient (Wildman–Crippen LogP) is 3.30. The van der Waals surface area contributed by atoms with E-state index in [-0.39, 0.29) is 23.7 Å². The zero-order valence-electron chi connectivity index (χ0n) is 14.1. The van der Waals surface area contributed by atoms with Gasteiger partial charge in [0, 0.05) is 5.56 Å². The van der Waals surface area contributed by atoms with Crippen molar-refractivity contribution in [3.63, 3.8) is 0 Å². The van der Waals surface area contributed by atoms with E-state index in [1.165, 1.54) is 21.3 Å². The van der Waals surface area contributed by atoms with Gasteiger partial charge in [-0.15, -0.1) is 0 Å². The molecule has 0 aliphatic carbocycles. The molecule has 0 unspecified atom stereocenters. The molecule has 2 aromatic carbocycles. The summed E-state index contributed by atoms with van der Waals surface area (Å²) in [5.74, 6) is -0.223. The maximum Gasteiger partial charge on any atom is 0.340 e. The normalized spacial score (nSPS) is 10.2. The van der Waals surface area contributed by atoms with Gasteiger partial charge in [-0.3, -0.25) is 0 Å². The first kappa shape index (κ1) is 17.5. The van der Waals surface area contributed by atoms with Gasteiger partial charge in [-0.2, -0.15) is 0 Å². The summed E-state index contributed by atoms with van der Waals surface area (Å²) in [6, 6.07) is 9.59. The van der Waals surface area contributed by atoms with Gasteiger partial charge >= 0.3 is 5.97 Å². The monoisotopic (exact) mass is 332 g/mol. The van der Waals surface area contributed by atoms with Crippen molar-refractivity contribution in [3.8, 4) is 23.0 Å². The van der Waals surface area contributed by atoms with Crippen LogP contribution in [0.3, 0.4) is 0 Å². The van der Waals surface area contributed by atoms with Crippen molar-refractivity contribution in [1.29, 1.82) is 0 Å². The molecule has 0 saturated carbocycles. The molecule has 2 rings (SSSR count). The van der Waals surface area contributed by atoms with E-state index in [4.69, 9.17) is 18.9 Å². The molecular formula is C18H20O6. The van der Waals surface area contributed by atoms with Gasteiger partial charge in [0.1, 0.15) is 12.2 Å². The molecule has 0 heterocycles. The van der Waals surface area contributed by atoms with Crippen LogP contribution in [0, 0.1) is 6.92 Å². The van der Waals surface area contributed by atoms with Crippen molar-refractivity contribution in [2.45, 2.75) is 13.5 Å². The number of hydrogen-bond acceptors (Lipinski definition) is 5. The molecule has 6 heteroatoms. The Morgan fingerprint density at radius 3 is 2.00 bits per heavy atom. The smallest absolute Gasteiger partial charge is 0.340 e. The van der Waals surface area contributed by atoms with Gasteiger partial charge < -0.3 is 24.1 Å². The van der Waals surface area contributed by atoms with Crippen LogP contribution in [0.5, 0.6) is 23.0 Å². The van der Waals surface area contributed by atoms with E-state index in [1.54, 1.807) is 6.92 Å². The third-order valence-corrected chi connectivity index (χ3v) is 3.61. The lowest BCUT2D eigenvalue weighted by atomic mass is 10.0. The first-order chi connectivity index (χ1) is 11.5. The lowest BCUT2D eigenvalue weighted by Gasteiger charge is -2.21. The number of ether oxygens (including phenoxy) is 4. The van der Waals surface area contributed by atoms with Gasteiger partial charge in [0.05, 0.1) is 21.3 Å². The van der Waals surface area contributed by atoms with E-state index in [2.05, 4.69) is 0 Å². The minimum Gasteiger partial charge on any atom is -0.492 e. The van der Waals surface area contributed by atoms with Gasteiger partial charge in [-0.25, -0.2) is 4.79 Å². The first-order valence-electron chi connectivity index (χ1n) is 7.27. The third kappa shape index (κ3) is 3.22. The number of carbonyl (C=O) groups is 1. The Morgan fingerprint density at radius 1 is 0.917 bits per heavy atom. The SMILES string of the molecule is COc1c(C)c(C(=O)O)c(OC)c(OC)c1OCc1ccccc1. The Balaban J connectivity index is 2.56. The summed E-state index contributed by atoms with van der Waals surface area (Å²) >= 11 is 0. The lowest BCUT2D eigenvalue weighted by Crippen LogP contribution is -2.09. The van der Waals surface area contributed by atoms with Crippen LogP contribution in [0.1, 0.15) is 21.5 Å². The summed E-state index contributed by atoms with van der Waals surface area (Å²) in [7, 11) is 4.26. The molecule has 24 heavy (non-hydrogen) atoms. The quantitative estimate of drug-likeness (QED) is 0.838. The molecule has 1 N–H and O–H groups in total. The molecule has 0 fully saturated rings. The first-order valence-corrected chi connectivity index (χ1v) is 7.27. The van der Waals surface area contributed by atoms with E-state index >= 15 is 0 Å².